The SMILES string of the molecule is C=Nc1[nH]ccc1/C(=C\C)c1nc(N)cc(N2CCOCC2C)n1. The molecule has 1 aliphatic rings. The Labute approximate surface area is 141 Å². The minimum absolute atomic E-state index is 0.243. The first-order chi connectivity index (χ1) is 11.6. The van der Waals surface area contributed by atoms with E-state index in [0.717, 1.165) is 23.5 Å². The molecule has 126 valence electrons. The summed E-state index contributed by atoms with van der Waals surface area (Å²) in [5.74, 6) is 2.53. The zero-order valence-electron chi connectivity index (χ0n) is 14.0. The number of H-pyrrole nitrogens is 1. The third-order valence-corrected chi connectivity index (χ3v) is 4.10. The topological polar surface area (TPSA) is 92.4 Å². The molecular formula is C17H22N6O. The van der Waals surface area contributed by atoms with Crippen LogP contribution in [0, 0.1) is 0 Å². The second-order valence-corrected chi connectivity index (χ2v) is 5.69. The zero-order valence-corrected chi connectivity index (χ0v) is 14.0. The van der Waals surface area contributed by atoms with Crippen LogP contribution in [0.3, 0.4) is 0 Å². The number of anilines is 2. The number of ether oxygens (including phenoxy) is 1. The Balaban J connectivity index is 2.03. The molecule has 1 fully saturated rings. The smallest absolute Gasteiger partial charge is 0.164 e. The van der Waals surface area contributed by atoms with Gasteiger partial charge < -0.3 is 20.4 Å². The molecule has 0 aromatic carbocycles. The molecule has 7 nitrogen and oxygen atoms in total. The highest BCUT2D eigenvalue weighted by Crippen LogP contribution is 2.30. The van der Waals surface area contributed by atoms with Gasteiger partial charge in [-0.1, -0.05) is 6.08 Å². The van der Waals surface area contributed by atoms with E-state index in [2.05, 4.69) is 33.5 Å². The third kappa shape index (κ3) is 3.03. The van der Waals surface area contributed by atoms with Gasteiger partial charge in [-0.2, -0.15) is 0 Å². The van der Waals surface area contributed by atoms with Crippen LogP contribution in [0.25, 0.3) is 5.57 Å². The molecule has 3 heterocycles. The summed E-state index contributed by atoms with van der Waals surface area (Å²) in [6, 6.07) is 3.98. The number of nitrogens with zero attached hydrogens (tertiary/aromatic N) is 4. The van der Waals surface area contributed by atoms with E-state index in [-0.39, 0.29) is 6.04 Å². The quantitative estimate of drug-likeness (QED) is 0.842. The van der Waals surface area contributed by atoms with Gasteiger partial charge in [0.2, 0.25) is 0 Å². The van der Waals surface area contributed by atoms with Crippen LogP contribution in [0.2, 0.25) is 0 Å². The fourth-order valence-electron chi connectivity index (χ4n) is 2.90. The van der Waals surface area contributed by atoms with Gasteiger partial charge in [0, 0.05) is 29.9 Å². The minimum Gasteiger partial charge on any atom is -0.384 e. The Morgan fingerprint density at radius 2 is 2.38 bits per heavy atom. The van der Waals surface area contributed by atoms with Crippen molar-refractivity contribution in [2.75, 3.05) is 30.4 Å². The zero-order chi connectivity index (χ0) is 17.1. The highest BCUT2D eigenvalue weighted by Gasteiger charge is 2.22. The minimum atomic E-state index is 0.243. The van der Waals surface area contributed by atoms with Crippen LogP contribution in [0.4, 0.5) is 17.5 Å². The second kappa shape index (κ2) is 6.84. The lowest BCUT2D eigenvalue weighted by molar-refractivity contribution is 0.0985. The van der Waals surface area contributed by atoms with Gasteiger partial charge in [-0.3, -0.25) is 0 Å². The van der Waals surface area contributed by atoms with E-state index < -0.39 is 0 Å². The average Bonchev–Trinajstić information content (AvgIpc) is 3.04. The molecule has 1 atom stereocenters. The van der Waals surface area contributed by atoms with Crippen LogP contribution in [-0.4, -0.2) is 47.5 Å². The van der Waals surface area contributed by atoms with Gasteiger partial charge >= 0.3 is 0 Å². The number of aliphatic imine (C=N–C) groups is 1. The molecule has 0 saturated carbocycles. The van der Waals surface area contributed by atoms with E-state index in [1.54, 1.807) is 0 Å². The maximum Gasteiger partial charge on any atom is 0.164 e. The number of aromatic nitrogens is 3. The Kier molecular flexibility index (Phi) is 4.61. The number of morpholine rings is 1. The lowest BCUT2D eigenvalue weighted by atomic mass is 10.1. The lowest BCUT2D eigenvalue weighted by Crippen LogP contribution is -2.44. The van der Waals surface area contributed by atoms with E-state index in [4.69, 9.17) is 15.5 Å². The molecule has 0 amide bonds. The summed E-state index contributed by atoms with van der Waals surface area (Å²) in [6.45, 7) is 9.80. The molecule has 0 radical (unpaired) electrons. The molecule has 24 heavy (non-hydrogen) atoms. The molecule has 1 saturated heterocycles. The van der Waals surface area contributed by atoms with Crippen molar-refractivity contribution < 1.29 is 4.74 Å². The number of nitrogens with two attached hydrogens (primary N) is 1. The van der Waals surface area contributed by atoms with Crippen molar-refractivity contribution in [3.8, 4) is 0 Å². The Bertz CT molecular complexity index is 766. The van der Waals surface area contributed by atoms with E-state index in [1.807, 2.05) is 31.3 Å². The predicted molar refractivity (Wildman–Crippen MR) is 96.8 cm³/mol. The lowest BCUT2D eigenvalue weighted by Gasteiger charge is -2.34. The van der Waals surface area contributed by atoms with Crippen LogP contribution in [0.1, 0.15) is 25.2 Å². The van der Waals surface area contributed by atoms with Crippen molar-refractivity contribution in [1.29, 1.82) is 0 Å². The standard InChI is InChI=1S/C17H22N6O/c1-4-12(13-5-6-20-16(13)19-3)17-21-14(18)9-15(22-17)23-7-8-24-10-11(23)2/h4-6,9,11,20H,3,7-8,10H2,1-2H3,(H2,18,21,22)/b12-4+. The Hall–Kier alpha value is -2.67. The van der Waals surface area contributed by atoms with Crippen LogP contribution in [-0.2, 0) is 4.74 Å². The first kappa shape index (κ1) is 16.2. The normalized spacial score (nSPS) is 18.7. The van der Waals surface area contributed by atoms with Gasteiger partial charge in [-0.15, -0.1) is 0 Å². The molecule has 1 aliphatic heterocycles. The van der Waals surface area contributed by atoms with E-state index in [9.17, 15) is 0 Å². The fraction of sp³-hybridized carbons (Fsp3) is 0.353. The van der Waals surface area contributed by atoms with Crippen LogP contribution in [0.5, 0.6) is 0 Å². The van der Waals surface area contributed by atoms with Gasteiger partial charge in [-0.05, 0) is 26.6 Å². The van der Waals surface area contributed by atoms with E-state index in [0.29, 0.717) is 30.7 Å². The maximum atomic E-state index is 6.05. The number of allylic oxidation sites excluding steroid dienone is 1. The van der Waals surface area contributed by atoms with Crippen molar-refractivity contribution in [2.45, 2.75) is 19.9 Å². The van der Waals surface area contributed by atoms with Crippen LogP contribution >= 0.6 is 0 Å². The molecule has 1 unspecified atom stereocenters. The van der Waals surface area contributed by atoms with Crippen molar-refractivity contribution in [1.82, 2.24) is 15.0 Å². The molecule has 2 aromatic rings. The largest absolute Gasteiger partial charge is 0.384 e. The molecule has 0 spiro atoms. The molecular weight excluding hydrogens is 304 g/mol. The molecule has 2 aromatic heterocycles. The summed E-state index contributed by atoms with van der Waals surface area (Å²) in [4.78, 5) is 18.4. The Morgan fingerprint density at radius 3 is 3.08 bits per heavy atom. The number of aromatic amines is 1. The average molecular weight is 326 g/mol. The molecule has 0 aliphatic carbocycles. The van der Waals surface area contributed by atoms with Gasteiger partial charge in [0.1, 0.15) is 17.5 Å². The molecule has 0 bridgehead atoms. The Morgan fingerprint density at radius 1 is 1.54 bits per heavy atom. The van der Waals surface area contributed by atoms with Gasteiger partial charge in [0.05, 0.1) is 19.3 Å². The maximum absolute atomic E-state index is 6.05. The molecule has 3 rings (SSSR count). The number of rotatable bonds is 4. The monoisotopic (exact) mass is 326 g/mol. The van der Waals surface area contributed by atoms with Crippen molar-refractivity contribution >= 4 is 29.7 Å². The third-order valence-electron chi connectivity index (χ3n) is 4.10. The second-order valence-electron chi connectivity index (χ2n) is 5.69. The summed E-state index contributed by atoms with van der Waals surface area (Å²) in [6.07, 6.45) is 3.78. The first-order valence-corrected chi connectivity index (χ1v) is 7.94. The number of hydrogen-bond donors (Lipinski definition) is 2. The summed E-state index contributed by atoms with van der Waals surface area (Å²) in [5.41, 5.74) is 7.82. The van der Waals surface area contributed by atoms with Gasteiger partial charge in [0.15, 0.2) is 5.82 Å². The summed E-state index contributed by atoms with van der Waals surface area (Å²) < 4.78 is 5.50. The predicted octanol–water partition coefficient (Wildman–Crippen LogP) is 2.40. The van der Waals surface area contributed by atoms with Crippen molar-refractivity contribution in [3.63, 3.8) is 0 Å². The number of hydrogen-bond acceptors (Lipinski definition) is 6. The first-order valence-electron chi connectivity index (χ1n) is 7.94. The van der Waals surface area contributed by atoms with Crippen molar-refractivity contribution in [3.05, 3.63) is 35.8 Å². The van der Waals surface area contributed by atoms with Gasteiger partial charge in [-0.25, -0.2) is 15.0 Å². The van der Waals surface area contributed by atoms with Crippen LogP contribution in [0.15, 0.2) is 29.4 Å². The van der Waals surface area contributed by atoms with E-state index >= 15 is 0 Å². The highest BCUT2D eigenvalue weighted by molar-refractivity contribution is 5.82. The molecule has 3 N–H and O–H groups in total. The summed E-state index contributed by atoms with van der Waals surface area (Å²) in [7, 11) is 0. The van der Waals surface area contributed by atoms with Crippen LogP contribution < -0.4 is 10.6 Å². The van der Waals surface area contributed by atoms with Gasteiger partial charge in [0.25, 0.3) is 0 Å². The molecule has 7 heteroatoms. The van der Waals surface area contributed by atoms with Crippen molar-refractivity contribution in [2.24, 2.45) is 4.99 Å². The highest BCUT2D eigenvalue weighted by atomic mass is 16.5. The number of nitrogen functional groups attached to an aromatic ring is 1. The fourth-order valence-corrected chi connectivity index (χ4v) is 2.90. The van der Waals surface area contributed by atoms with E-state index in [1.165, 1.54) is 0 Å². The summed E-state index contributed by atoms with van der Waals surface area (Å²) in [5, 5.41) is 0. The summed E-state index contributed by atoms with van der Waals surface area (Å²) >= 11 is 0. The number of nitrogens with one attached hydrogen (secondary N) is 1.